The second kappa shape index (κ2) is 5.88. The molecule has 0 amide bonds. The Morgan fingerprint density at radius 3 is 2.60 bits per heavy atom. The molecular formula is C17H30N2O. The number of hydrogen-bond donors (Lipinski definition) is 1. The van der Waals surface area contributed by atoms with Crippen molar-refractivity contribution in [1.82, 2.24) is 9.78 Å². The first-order valence-electron chi connectivity index (χ1n) is 8.15. The highest BCUT2D eigenvalue weighted by Crippen LogP contribution is 2.39. The van der Waals surface area contributed by atoms with Gasteiger partial charge in [-0.3, -0.25) is 4.68 Å². The van der Waals surface area contributed by atoms with Crippen LogP contribution < -0.4 is 0 Å². The van der Waals surface area contributed by atoms with Crippen LogP contribution in [0.15, 0.2) is 6.07 Å². The molecule has 1 aromatic heterocycles. The fraction of sp³-hybridized carbons (Fsp3) is 0.824. The summed E-state index contributed by atoms with van der Waals surface area (Å²) in [6.07, 6.45) is 7.02. The lowest BCUT2D eigenvalue weighted by atomic mass is 9.83. The molecule has 0 aromatic carbocycles. The van der Waals surface area contributed by atoms with Gasteiger partial charge in [0.1, 0.15) is 0 Å². The molecular weight excluding hydrogens is 248 g/mol. The smallest absolute Gasteiger partial charge is 0.0703 e. The lowest BCUT2D eigenvalue weighted by molar-refractivity contribution is 0.0207. The summed E-state index contributed by atoms with van der Waals surface area (Å²) < 4.78 is 2.06. The molecule has 3 heteroatoms. The van der Waals surface area contributed by atoms with Crippen LogP contribution in [0.25, 0.3) is 0 Å². The lowest BCUT2D eigenvalue weighted by Gasteiger charge is -2.28. The van der Waals surface area contributed by atoms with Gasteiger partial charge in [0.25, 0.3) is 0 Å². The van der Waals surface area contributed by atoms with Crippen LogP contribution in [0.1, 0.15) is 71.2 Å². The van der Waals surface area contributed by atoms with Crippen LogP contribution >= 0.6 is 0 Å². The van der Waals surface area contributed by atoms with Crippen LogP contribution in [0.2, 0.25) is 0 Å². The van der Waals surface area contributed by atoms with Crippen molar-refractivity contribution in [2.24, 2.45) is 5.41 Å². The number of rotatable bonds is 4. The predicted octanol–water partition coefficient (Wildman–Crippen LogP) is 3.73. The topological polar surface area (TPSA) is 38.0 Å². The second-order valence-corrected chi connectivity index (χ2v) is 7.22. The minimum Gasteiger partial charge on any atom is -0.389 e. The summed E-state index contributed by atoms with van der Waals surface area (Å²) in [6, 6.07) is 2.18. The van der Waals surface area contributed by atoms with E-state index in [1.165, 1.54) is 12.1 Å². The van der Waals surface area contributed by atoms with E-state index in [9.17, 15) is 5.11 Å². The normalized spacial score (nSPS) is 26.4. The molecule has 0 aliphatic heterocycles. The Morgan fingerprint density at radius 1 is 1.20 bits per heavy atom. The van der Waals surface area contributed by atoms with Crippen molar-refractivity contribution < 1.29 is 5.11 Å². The van der Waals surface area contributed by atoms with E-state index in [2.05, 4.69) is 43.5 Å². The third kappa shape index (κ3) is 3.63. The summed E-state index contributed by atoms with van der Waals surface area (Å²) in [4.78, 5) is 0. The van der Waals surface area contributed by atoms with Crippen molar-refractivity contribution in [3.05, 3.63) is 17.5 Å². The SMILES string of the molecule is CCc1cc(CC2(O)CCCC(C)(C)CC2)n(CC)n1. The quantitative estimate of drug-likeness (QED) is 0.852. The molecule has 1 aromatic rings. The van der Waals surface area contributed by atoms with E-state index in [0.717, 1.165) is 50.8 Å². The van der Waals surface area contributed by atoms with Crippen molar-refractivity contribution in [3.8, 4) is 0 Å². The number of aliphatic hydroxyl groups is 1. The molecule has 0 spiro atoms. The van der Waals surface area contributed by atoms with E-state index in [1.807, 2.05) is 0 Å². The van der Waals surface area contributed by atoms with Gasteiger partial charge in [-0.05, 0) is 50.5 Å². The summed E-state index contributed by atoms with van der Waals surface area (Å²) in [6.45, 7) is 9.79. The average Bonchev–Trinajstić information content (AvgIpc) is 2.72. The Labute approximate surface area is 123 Å². The zero-order valence-electron chi connectivity index (χ0n) is 13.6. The Bertz CT molecular complexity index is 450. The summed E-state index contributed by atoms with van der Waals surface area (Å²) in [5, 5.41) is 15.6. The minimum atomic E-state index is -0.536. The van der Waals surface area contributed by atoms with Gasteiger partial charge in [-0.1, -0.05) is 27.2 Å². The second-order valence-electron chi connectivity index (χ2n) is 7.22. The van der Waals surface area contributed by atoms with Crippen molar-refractivity contribution in [1.29, 1.82) is 0 Å². The summed E-state index contributed by atoms with van der Waals surface area (Å²) in [5.41, 5.74) is 2.18. The van der Waals surface area contributed by atoms with Gasteiger partial charge in [0.15, 0.2) is 0 Å². The molecule has 1 saturated carbocycles. The molecule has 1 aliphatic rings. The van der Waals surface area contributed by atoms with Crippen LogP contribution in [0, 0.1) is 5.41 Å². The Hall–Kier alpha value is -0.830. The first-order valence-corrected chi connectivity index (χ1v) is 8.15. The molecule has 1 aliphatic carbocycles. The van der Waals surface area contributed by atoms with E-state index in [0.29, 0.717) is 5.41 Å². The summed E-state index contributed by atoms with van der Waals surface area (Å²) in [7, 11) is 0. The number of hydrogen-bond acceptors (Lipinski definition) is 2. The number of aryl methyl sites for hydroxylation is 2. The molecule has 0 saturated heterocycles. The highest BCUT2D eigenvalue weighted by molar-refractivity contribution is 5.13. The molecule has 3 nitrogen and oxygen atoms in total. The van der Waals surface area contributed by atoms with Crippen LogP contribution in [-0.2, 0) is 19.4 Å². The van der Waals surface area contributed by atoms with Gasteiger partial charge in [-0.2, -0.15) is 5.10 Å². The molecule has 1 N–H and O–H groups in total. The van der Waals surface area contributed by atoms with E-state index < -0.39 is 5.60 Å². The zero-order chi connectivity index (χ0) is 14.8. The van der Waals surface area contributed by atoms with Crippen LogP contribution in [0.5, 0.6) is 0 Å². The van der Waals surface area contributed by atoms with Gasteiger partial charge in [0.05, 0.1) is 11.3 Å². The monoisotopic (exact) mass is 278 g/mol. The maximum atomic E-state index is 11.0. The third-order valence-electron chi connectivity index (χ3n) is 4.85. The molecule has 1 fully saturated rings. The molecule has 20 heavy (non-hydrogen) atoms. The third-order valence-corrected chi connectivity index (χ3v) is 4.85. The lowest BCUT2D eigenvalue weighted by Crippen LogP contribution is -2.32. The van der Waals surface area contributed by atoms with E-state index >= 15 is 0 Å². The molecule has 114 valence electrons. The van der Waals surface area contributed by atoms with Crippen LogP contribution in [-0.4, -0.2) is 20.5 Å². The highest BCUT2D eigenvalue weighted by atomic mass is 16.3. The highest BCUT2D eigenvalue weighted by Gasteiger charge is 2.34. The van der Waals surface area contributed by atoms with Crippen molar-refractivity contribution in [2.45, 2.75) is 84.8 Å². The zero-order valence-corrected chi connectivity index (χ0v) is 13.6. The largest absolute Gasteiger partial charge is 0.389 e. The first kappa shape index (κ1) is 15.6. The maximum absolute atomic E-state index is 11.0. The standard InChI is InChI=1S/C17H30N2O/c1-5-14-12-15(19(6-2)18-14)13-17(20)9-7-8-16(3,4)10-11-17/h12,20H,5-11,13H2,1-4H3. The summed E-state index contributed by atoms with van der Waals surface area (Å²) >= 11 is 0. The Balaban J connectivity index is 2.13. The Morgan fingerprint density at radius 2 is 1.95 bits per heavy atom. The maximum Gasteiger partial charge on any atom is 0.0703 e. The number of nitrogens with zero attached hydrogens (tertiary/aromatic N) is 2. The van der Waals surface area contributed by atoms with Gasteiger partial charge in [0, 0.05) is 18.7 Å². The van der Waals surface area contributed by atoms with Crippen molar-refractivity contribution in [2.75, 3.05) is 0 Å². The average molecular weight is 278 g/mol. The molecule has 1 heterocycles. The van der Waals surface area contributed by atoms with Crippen molar-refractivity contribution in [3.63, 3.8) is 0 Å². The summed E-state index contributed by atoms with van der Waals surface area (Å²) in [5.74, 6) is 0. The van der Waals surface area contributed by atoms with Gasteiger partial charge in [-0.15, -0.1) is 0 Å². The van der Waals surface area contributed by atoms with Crippen LogP contribution in [0.4, 0.5) is 0 Å². The van der Waals surface area contributed by atoms with Crippen molar-refractivity contribution >= 4 is 0 Å². The fourth-order valence-electron chi connectivity index (χ4n) is 3.33. The molecule has 1 atom stereocenters. The van der Waals surface area contributed by atoms with E-state index in [4.69, 9.17) is 0 Å². The van der Waals surface area contributed by atoms with E-state index in [-0.39, 0.29) is 0 Å². The van der Waals surface area contributed by atoms with Gasteiger partial charge >= 0.3 is 0 Å². The molecule has 1 unspecified atom stereocenters. The molecule has 2 rings (SSSR count). The molecule has 0 bridgehead atoms. The van der Waals surface area contributed by atoms with E-state index in [1.54, 1.807) is 0 Å². The van der Waals surface area contributed by atoms with Gasteiger partial charge in [0.2, 0.25) is 0 Å². The Kier molecular flexibility index (Phi) is 4.58. The minimum absolute atomic E-state index is 0.379. The number of aromatic nitrogens is 2. The van der Waals surface area contributed by atoms with Gasteiger partial charge in [-0.25, -0.2) is 0 Å². The first-order chi connectivity index (χ1) is 9.37. The molecule has 0 radical (unpaired) electrons. The van der Waals surface area contributed by atoms with Gasteiger partial charge < -0.3 is 5.11 Å². The fourth-order valence-corrected chi connectivity index (χ4v) is 3.33. The predicted molar refractivity (Wildman–Crippen MR) is 82.8 cm³/mol. The van der Waals surface area contributed by atoms with Crippen LogP contribution in [0.3, 0.4) is 0 Å².